The first-order valence-corrected chi connectivity index (χ1v) is 6.92. The normalized spacial score (nSPS) is 13.6. The summed E-state index contributed by atoms with van der Waals surface area (Å²) in [6, 6.07) is 1.77. The van der Waals surface area contributed by atoms with Crippen LogP contribution in [-0.2, 0) is 11.3 Å². The van der Waals surface area contributed by atoms with Crippen molar-refractivity contribution in [2.75, 3.05) is 13.7 Å². The number of hydrogen-bond donors (Lipinski definition) is 3. The maximum absolute atomic E-state index is 11.3. The molecule has 5 heteroatoms. The summed E-state index contributed by atoms with van der Waals surface area (Å²) in [6.45, 7) is 9.46. The van der Waals surface area contributed by atoms with E-state index < -0.39 is 0 Å². The van der Waals surface area contributed by atoms with Gasteiger partial charge in [-0.25, -0.2) is 4.79 Å². The third-order valence-electron chi connectivity index (χ3n) is 3.49. The maximum Gasteiger partial charge on any atom is 0.354 e. The number of rotatable bonds is 7. The number of hydrogen-bond acceptors (Lipinski definition) is 4. The van der Waals surface area contributed by atoms with Gasteiger partial charge in [0.2, 0.25) is 0 Å². The minimum Gasteiger partial charge on any atom is -0.464 e. The molecule has 1 rings (SSSR count). The predicted molar refractivity (Wildman–Crippen MR) is 78.5 cm³/mol. The Morgan fingerprint density at radius 3 is 2.70 bits per heavy atom. The number of carbonyl (C=O) groups is 1. The van der Waals surface area contributed by atoms with Gasteiger partial charge in [-0.2, -0.15) is 0 Å². The fourth-order valence-electron chi connectivity index (χ4n) is 2.30. The zero-order chi connectivity index (χ0) is 15.3. The molecule has 0 aromatic carbocycles. The Bertz CT molecular complexity index is 438. The first-order valence-electron chi connectivity index (χ1n) is 6.92. The summed E-state index contributed by atoms with van der Waals surface area (Å²) >= 11 is 0. The molecule has 3 N–H and O–H groups in total. The summed E-state index contributed by atoms with van der Waals surface area (Å²) in [5.74, 6) is -0.142. The van der Waals surface area contributed by atoms with Gasteiger partial charge in [0.05, 0.1) is 13.2 Å². The van der Waals surface area contributed by atoms with Crippen molar-refractivity contribution < 1.29 is 14.6 Å². The molecule has 0 fully saturated rings. The van der Waals surface area contributed by atoms with Crippen molar-refractivity contribution in [3.63, 3.8) is 0 Å². The second-order valence-electron chi connectivity index (χ2n) is 6.19. The molecule has 0 radical (unpaired) electrons. The highest BCUT2D eigenvalue weighted by Crippen LogP contribution is 2.25. The highest BCUT2D eigenvalue weighted by atomic mass is 16.5. The Hall–Kier alpha value is -1.33. The van der Waals surface area contributed by atoms with Gasteiger partial charge in [0.25, 0.3) is 0 Å². The van der Waals surface area contributed by atoms with Crippen LogP contribution in [-0.4, -0.2) is 35.8 Å². The van der Waals surface area contributed by atoms with E-state index >= 15 is 0 Å². The predicted octanol–water partition coefficient (Wildman–Crippen LogP) is 1.93. The van der Waals surface area contributed by atoms with Crippen LogP contribution in [0, 0.1) is 11.3 Å². The maximum atomic E-state index is 11.3. The lowest BCUT2D eigenvalue weighted by Crippen LogP contribution is -2.41. The van der Waals surface area contributed by atoms with Crippen LogP contribution in [0.2, 0.25) is 0 Å². The highest BCUT2D eigenvalue weighted by molar-refractivity contribution is 5.87. The Morgan fingerprint density at radius 1 is 1.50 bits per heavy atom. The lowest BCUT2D eigenvalue weighted by molar-refractivity contribution is 0.0134. The fraction of sp³-hybridized carbons (Fsp3) is 0.667. The van der Waals surface area contributed by atoms with Gasteiger partial charge < -0.3 is 20.1 Å². The van der Waals surface area contributed by atoms with Gasteiger partial charge in [0.15, 0.2) is 0 Å². The first kappa shape index (κ1) is 16.7. The van der Waals surface area contributed by atoms with Crippen LogP contribution in [0.1, 0.15) is 43.7 Å². The number of H-pyrrole nitrogens is 1. The number of nitrogens with one attached hydrogen (secondary N) is 2. The number of esters is 1. The van der Waals surface area contributed by atoms with Crippen LogP contribution < -0.4 is 5.32 Å². The van der Waals surface area contributed by atoms with Crippen LogP contribution in [0.5, 0.6) is 0 Å². The van der Waals surface area contributed by atoms with Crippen molar-refractivity contribution in [3.05, 3.63) is 23.5 Å². The van der Waals surface area contributed by atoms with Gasteiger partial charge in [-0.15, -0.1) is 0 Å². The lowest BCUT2D eigenvalue weighted by Gasteiger charge is -2.33. The molecule has 1 heterocycles. The van der Waals surface area contributed by atoms with Gasteiger partial charge in [-0.1, -0.05) is 27.7 Å². The Labute approximate surface area is 120 Å². The third-order valence-corrected chi connectivity index (χ3v) is 3.49. The van der Waals surface area contributed by atoms with E-state index in [0.29, 0.717) is 18.8 Å². The van der Waals surface area contributed by atoms with E-state index in [2.05, 4.69) is 15.0 Å². The summed E-state index contributed by atoms with van der Waals surface area (Å²) in [6.07, 6.45) is 1.43. The zero-order valence-corrected chi connectivity index (χ0v) is 13.0. The Kier molecular flexibility index (Phi) is 5.77. The van der Waals surface area contributed by atoms with Crippen molar-refractivity contribution in [1.29, 1.82) is 0 Å². The summed E-state index contributed by atoms with van der Waals surface area (Å²) in [5, 5.41) is 13.5. The molecule has 0 aliphatic rings. The molecule has 1 atom stereocenters. The van der Waals surface area contributed by atoms with E-state index in [0.717, 1.165) is 5.56 Å². The molecule has 0 aliphatic heterocycles. The third kappa shape index (κ3) is 4.35. The standard InChI is InChI=1S/C15H26N2O3/c1-10(2)13(18)15(3,4)9-16-7-11-6-12(17-8-11)14(19)20-5/h6,8,10,13,16-18H,7,9H2,1-5H3. The van der Waals surface area contributed by atoms with E-state index in [1.54, 1.807) is 12.3 Å². The van der Waals surface area contributed by atoms with Gasteiger partial charge in [0, 0.05) is 24.7 Å². The SMILES string of the molecule is COC(=O)c1cc(CNCC(C)(C)C(O)C(C)C)c[nH]1. The Balaban J connectivity index is 2.48. The molecule has 0 saturated heterocycles. The summed E-state index contributed by atoms with van der Waals surface area (Å²) < 4.78 is 4.64. The lowest BCUT2D eigenvalue weighted by atomic mass is 9.81. The van der Waals surface area contributed by atoms with E-state index in [4.69, 9.17) is 0 Å². The van der Waals surface area contributed by atoms with Crippen LogP contribution in [0.25, 0.3) is 0 Å². The monoisotopic (exact) mass is 282 g/mol. The largest absolute Gasteiger partial charge is 0.464 e. The van der Waals surface area contributed by atoms with Crippen molar-refractivity contribution >= 4 is 5.97 Å². The molecule has 0 aliphatic carbocycles. The topological polar surface area (TPSA) is 74.3 Å². The van der Waals surface area contributed by atoms with Crippen LogP contribution in [0.4, 0.5) is 0 Å². The molecule has 1 unspecified atom stereocenters. The average Bonchev–Trinajstić information content (AvgIpc) is 2.85. The van der Waals surface area contributed by atoms with Crippen LogP contribution >= 0.6 is 0 Å². The molecular weight excluding hydrogens is 256 g/mol. The number of methoxy groups -OCH3 is 1. The molecule has 1 aromatic rings. The molecule has 0 spiro atoms. The molecule has 20 heavy (non-hydrogen) atoms. The summed E-state index contributed by atoms with van der Waals surface area (Å²) in [7, 11) is 1.36. The minimum atomic E-state index is -0.369. The van der Waals surface area contributed by atoms with Crippen LogP contribution in [0.15, 0.2) is 12.3 Å². The van der Waals surface area contributed by atoms with E-state index in [-0.39, 0.29) is 23.4 Å². The van der Waals surface area contributed by atoms with Gasteiger partial charge in [0.1, 0.15) is 5.69 Å². The van der Waals surface area contributed by atoms with Gasteiger partial charge >= 0.3 is 5.97 Å². The smallest absolute Gasteiger partial charge is 0.354 e. The number of aromatic amines is 1. The molecule has 5 nitrogen and oxygen atoms in total. The zero-order valence-electron chi connectivity index (χ0n) is 13.0. The molecule has 114 valence electrons. The average molecular weight is 282 g/mol. The van der Waals surface area contributed by atoms with Crippen LogP contribution in [0.3, 0.4) is 0 Å². The number of aliphatic hydroxyl groups excluding tert-OH is 1. The number of ether oxygens (including phenoxy) is 1. The van der Waals surface area contributed by atoms with Crippen molar-refractivity contribution in [3.8, 4) is 0 Å². The minimum absolute atomic E-state index is 0.199. The van der Waals surface area contributed by atoms with Crippen molar-refractivity contribution in [1.82, 2.24) is 10.3 Å². The number of aliphatic hydroxyl groups is 1. The second-order valence-corrected chi connectivity index (χ2v) is 6.19. The molecule has 1 aromatic heterocycles. The summed E-state index contributed by atoms with van der Waals surface area (Å²) in [5.41, 5.74) is 1.24. The molecular formula is C15H26N2O3. The highest BCUT2D eigenvalue weighted by Gasteiger charge is 2.29. The quantitative estimate of drug-likeness (QED) is 0.668. The van der Waals surface area contributed by atoms with E-state index in [9.17, 15) is 9.90 Å². The number of carbonyl (C=O) groups excluding carboxylic acids is 1. The first-order chi connectivity index (χ1) is 9.27. The second kappa shape index (κ2) is 6.90. The van der Waals surface area contributed by atoms with Crippen molar-refractivity contribution in [2.45, 2.75) is 40.3 Å². The number of aromatic nitrogens is 1. The van der Waals surface area contributed by atoms with E-state index in [1.165, 1.54) is 7.11 Å². The molecule has 0 amide bonds. The summed E-state index contributed by atoms with van der Waals surface area (Å²) in [4.78, 5) is 14.2. The van der Waals surface area contributed by atoms with Crippen molar-refractivity contribution in [2.24, 2.45) is 11.3 Å². The fourth-order valence-corrected chi connectivity index (χ4v) is 2.30. The van der Waals surface area contributed by atoms with E-state index in [1.807, 2.05) is 27.7 Å². The van der Waals surface area contributed by atoms with Gasteiger partial charge in [-0.3, -0.25) is 0 Å². The molecule has 0 saturated carbocycles. The molecule has 0 bridgehead atoms. The Morgan fingerprint density at radius 2 is 2.15 bits per heavy atom. The van der Waals surface area contributed by atoms with Gasteiger partial charge in [-0.05, 0) is 17.5 Å².